The Morgan fingerprint density at radius 1 is 1.44 bits per heavy atom. The van der Waals surface area contributed by atoms with Gasteiger partial charge in [0, 0.05) is 5.56 Å². The third-order valence-electron chi connectivity index (χ3n) is 2.74. The number of nitrogens with two attached hydrogens (primary N) is 1. The second-order valence-corrected chi connectivity index (χ2v) is 3.94. The molecule has 0 atom stereocenters. The summed E-state index contributed by atoms with van der Waals surface area (Å²) in [7, 11) is 1.48. The van der Waals surface area contributed by atoms with Crippen LogP contribution in [0.1, 0.15) is 18.9 Å². The molecule has 0 radical (unpaired) electrons. The van der Waals surface area contributed by atoms with E-state index in [1.807, 2.05) is 6.92 Å². The molecular weight excluding hydrogens is 235 g/mol. The van der Waals surface area contributed by atoms with Gasteiger partial charge in [-0.2, -0.15) is 0 Å². The van der Waals surface area contributed by atoms with Crippen molar-refractivity contribution < 1.29 is 13.7 Å². The van der Waals surface area contributed by atoms with Gasteiger partial charge in [0.05, 0.1) is 12.7 Å². The van der Waals surface area contributed by atoms with Crippen LogP contribution in [0.25, 0.3) is 11.3 Å². The lowest BCUT2D eigenvalue weighted by molar-refractivity contribution is 0.402. The molecule has 0 aliphatic rings. The number of rotatable bonds is 4. The van der Waals surface area contributed by atoms with Crippen LogP contribution in [0, 0.1) is 5.82 Å². The van der Waals surface area contributed by atoms with Gasteiger partial charge in [0.15, 0.2) is 11.6 Å². The Morgan fingerprint density at radius 3 is 2.89 bits per heavy atom. The molecule has 2 N–H and O–H groups in total. The number of hydrogen-bond acceptors (Lipinski definition) is 4. The average molecular weight is 250 g/mol. The first-order chi connectivity index (χ1) is 8.69. The summed E-state index contributed by atoms with van der Waals surface area (Å²) < 4.78 is 24.3. The first kappa shape index (κ1) is 12.4. The van der Waals surface area contributed by atoms with Crippen LogP contribution in [0.2, 0.25) is 0 Å². The molecule has 0 aliphatic heterocycles. The molecule has 2 rings (SSSR count). The lowest BCUT2D eigenvalue weighted by Gasteiger charge is -2.08. The summed E-state index contributed by atoms with van der Waals surface area (Å²) in [6.07, 6.45) is 1.55. The van der Waals surface area contributed by atoms with E-state index in [1.165, 1.54) is 13.2 Å². The number of aromatic nitrogens is 1. The van der Waals surface area contributed by atoms with Crippen molar-refractivity contribution in [3.05, 3.63) is 29.6 Å². The van der Waals surface area contributed by atoms with Crippen LogP contribution in [0.5, 0.6) is 5.75 Å². The number of halogens is 1. The van der Waals surface area contributed by atoms with Crippen molar-refractivity contribution in [3.8, 4) is 17.1 Å². The largest absolute Gasteiger partial charge is 0.496 e. The summed E-state index contributed by atoms with van der Waals surface area (Å²) in [5.74, 6) is 0.646. The van der Waals surface area contributed by atoms with Gasteiger partial charge in [0.1, 0.15) is 11.6 Å². The van der Waals surface area contributed by atoms with Gasteiger partial charge in [0.25, 0.3) is 0 Å². The smallest absolute Gasteiger partial charge is 0.178 e. The Morgan fingerprint density at radius 2 is 2.22 bits per heavy atom. The summed E-state index contributed by atoms with van der Waals surface area (Å²) in [6, 6.07) is 4.61. The van der Waals surface area contributed by atoms with Gasteiger partial charge in [-0.1, -0.05) is 24.6 Å². The number of hydrogen-bond donors (Lipinski definition) is 1. The molecule has 2 aromatic rings. The van der Waals surface area contributed by atoms with Crippen molar-refractivity contribution >= 4 is 5.82 Å². The molecule has 0 amide bonds. The molecule has 0 spiro atoms. The van der Waals surface area contributed by atoms with E-state index >= 15 is 0 Å². The monoisotopic (exact) mass is 250 g/mol. The quantitative estimate of drug-likeness (QED) is 0.906. The standard InChI is InChI=1S/C13H15FN2O2/c1-3-5-8-12(18-16-13(8)15)11-9(14)6-4-7-10(11)17-2/h4,6-7H,3,5H2,1-2H3,(H2,15,16). The number of nitrogens with zero attached hydrogens (tertiary/aromatic N) is 1. The second-order valence-electron chi connectivity index (χ2n) is 3.94. The lowest BCUT2D eigenvalue weighted by Crippen LogP contribution is -1.96. The van der Waals surface area contributed by atoms with Crippen molar-refractivity contribution in [2.45, 2.75) is 19.8 Å². The van der Waals surface area contributed by atoms with Crippen LogP contribution in [0.4, 0.5) is 10.2 Å². The first-order valence-electron chi connectivity index (χ1n) is 5.76. The predicted molar refractivity (Wildman–Crippen MR) is 66.9 cm³/mol. The highest BCUT2D eigenvalue weighted by Crippen LogP contribution is 2.37. The summed E-state index contributed by atoms with van der Waals surface area (Å²) in [5, 5.41) is 3.71. The molecule has 0 aliphatic carbocycles. The maximum atomic E-state index is 13.9. The Hall–Kier alpha value is -2.04. The summed E-state index contributed by atoms with van der Waals surface area (Å²) in [5.41, 5.74) is 6.73. The van der Waals surface area contributed by atoms with E-state index in [1.54, 1.807) is 12.1 Å². The highest BCUT2D eigenvalue weighted by atomic mass is 19.1. The Kier molecular flexibility index (Phi) is 3.50. The van der Waals surface area contributed by atoms with Crippen molar-refractivity contribution in [1.82, 2.24) is 5.16 Å². The minimum Gasteiger partial charge on any atom is -0.496 e. The maximum absolute atomic E-state index is 13.9. The van der Waals surface area contributed by atoms with Gasteiger partial charge < -0.3 is 15.0 Å². The fraction of sp³-hybridized carbons (Fsp3) is 0.308. The van der Waals surface area contributed by atoms with E-state index in [0.717, 1.165) is 12.0 Å². The molecule has 0 fully saturated rings. The first-order valence-corrected chi connectivity index (χ1v) is 5.76. The number of methoxy groups -OCH3 is 1. The van der Waals surface area contributed by atoms with Crippen LogP contribution < -0.4 is 10.5 Å². The van der Waals surface area contributed by atoms with Crippen molar-refractivity contribution in [1.29, 1.82) is 0 Å². The van der Waals surface area contributed by atoms with Gasteiger partial charge in [-0.25, -0.2) is 4.39 Å². The fourth-order valence-corrected chi connectivity index (χ4v) is 1.90. The number of anilines is 1. The van der Waals surface area contributed by atoms with Crippen LogP contribution in [0.15, 0.2) is 22.7 Å². The third-order valence-corrected chi connectivity index (χ3v) is 2.74. The molecular formula is C13H15FN2O2. The van der Waals surface area contributed by atoms with Gasteiger partial charge in [0.2, 0.25) is 0 Å². The van der Waals surface area contributed by atoms with Gasteiger partial charge >= 0.3 is 0 Å². The summed E-state index contributed by atoms with van der Waals surface area (Å²) in [6.45, 7) is 2.01. The SMILES string of the molecule is CCCc1c(N)noc1-c1c(F)cccc1OC. The van der Waals surface area contributed by atoms with Crippen LogP contribution in [0.3, 0.4) is 0 Å². The van der Waals surface area contributed by atoms with Crippen molar-refractivity contribution in [3.63, 3.8) is 0 Å². The predicted octanol–water partition coefficient (Wildman–Crippen LogP) is 3.02. The molecule has 0 saturated heterocycles. The second kappa shape index (κ2) is 5.08. The number of ether oxygens (including phenoxy) is 1. The Labute approximate surface area is 105 Å². The van der Waals surface area contributed by atoms with Gasteiger partial charge in [-0.3, -0.25) is 0 Å². The van der Waals surface area contributed by atoms with Crippen LogP contribution in [-0.4, -0.2) is 12.3 Å². The average Bonchev–Trinajstić information content (AvgIpc) is 2.71. The third kappa shape index (κ3) is 2.03. The number of benzene rings is 1. The zero-order chi connectivity index (χ0) is 13.1. The van der Waals surface area contributed by atoms with Crippen molar-refractivity contribution in [2.24, 2.45) is 0 Å². The Balaban J connectivity index is 2.61. The molecule has 0 bridgehead atoms. The normalized spacial score (nSPS) is 10.6. The minimum absolute atomic E-state index is 0.271. The van der Waals surface area contributed by atoms with Crippen molar-refractivity contribution in [2.75, 3.05) is 12.8 Å². The van der Waals surface area contributed by atoms with Crippen LogP contribution >= 0.6 is 0 Å². The fourth-order valence-electron chi connectivity index (χ4n) is 1.90. The van der Waals surface area contributed by atoms with E-state index < -0.39 is 5.82 Å². The molecule has 18 heavy (non-hydrogen) atoms. The van der Waals surface area contributed by atoms with E-state index in [0.29, 0.717) is 23.7 Å². The zero-order valence-corrected chi connectivity index (χ0v) is 10.4. The van der Waals surface area contributed by atoms with E-state index in [4.69, 9.17) is 15.0 Å². The summed E-state index contributed by atoms with van der Waals surface area (Å²) >= 11 is 0. The molecule has 1 aromatic heterocycles. The molecule has 5 heteroatoms. The van der Waals surface area contributed by atoms with Crippen LogP contribution in [-0.2, 0) is 6.42 Å². The number of nitrogen functional groups attached to an aromatic ring is 1. The maximum Gasteiger partial charge on any atom is 0.178 e. The zero-order valence-electron chi connectivity index (χ0n) is 10.4. The van der Waals surface area contributed by atoms with Gasteiger partial charge in [-0.15, -0.1) is 0 Å². The Bertz CT molecular complexity index is 552. The van der Waals surface area contributed by atoms with E-state index in [-0.39, 0.29) is 5.56 Å². The highest BCUT2D eigenvalue weighted by Gasteiger charge is 2.21. The van der Waals surface area contributed by atoms with E-state index in [2.05, 4.69) is 5.16 Å². The molecule has 1 heterocycles. The van der Waals surface area contributed by atoms with Gasteiger partial charge in [-0.05, 0) is 18.6 Å². The molecule has 0 unspecified atom stereocenters. The lowest BCUT2D eigenvalue weighted by atomic mass is 10.0. The highest BCUT2D eigenvalue weighted by molar-refractivity contribution is 5.72. The molecule has 1 aromatic carbocycles. The summed E-state index contributed by atoms with van der Waals surface area (Å²) in [4.78, 5) is 0. The minimum atomic E-state index is -0.414. The topological polar surface area (TPSA) is 61.3 Å². The molecule has 0 saturated carbocycles. The molecule has 4 nitrogen and oxygen atoms in total. The van der Waals surface area contributed by atoms with E-state index in [9.17, 15) is 4.39 Å². The molecule has 96 valence electrons.